The van der Waals surface area contributed by atoms with Crippen LogP contribution < -0.4 is 19.7 Å². The molecule has 4 rings (SSSR count). The van der Waals surface area contributed by atoms with E-state index in [4.69, 9.17) is 21.1 Å². The Kier molecular flexibility index (Phi) is 7.16. The lowest BCUT2D eigenvalue weighted by Gasteiger charge is -2.26. The zero-order valence-corrected chi connectivity index (χ0v) is 19.8. The number of methoxy groups -OCH3 is 1. The van der Waals surface area contributed by atoms with Gasteiger partial charge in [-0.3, -0.25) is 25.0 Å². The third-order valence-electron chi connectivity index (χ3n) is 5.29. The van der Waals surface area contributed by atoms with Crippen LogP contribution in [0.15, 0.2) is 66.2 Å². The SMILES string of the molecule is COc1cc(/C=C2/C(=O)NC(=O)N(c3ccccc3F)C2=O)cc(Cl)c1OCc1ccc([N+](=O)[O-])cc1. The van der Waals surface area contributed by atoms with Crippen LogP contribution in [0.5, 0.6) is 11.5 Å². The van der Waals surface area contributed by atoms with Crippen molar-refractivity contribution in [3.8, 4) is 11.5 Å². The number of imide groups is 2. The number of halogens is 2. The van der Waals surface area contributed by atoms with Crippen LogP contribution in [0, 0.1) is 15.9 Å². The van der Waals surface area contributed by atoms with E-state index in [0.29, 0.717) is 10.5 Å². The fourth-order valence-electron chi connectivity index (χ4n) is 3.51. The van der Waals surface area contributed by atoms with Gasteiger partial charge in [-0.25, -0.2) is 14.1 Å². The van der Waals surface area contributed by atoms with Crippen molar-refractivity contribution in [3.63, 3.8) is 0 Å². The predicted molar refractivity (Wildman–Crippen MR) is 131 cm³/mol. The Morgan fingerprint density at radius 3 is 2.46 bits per heavy atom. The summed E-state index contributed by atoms with van der Waals surface area (Å²) in [5, 5.41) is 12.9. The first-order valence-corrected chi connectivity index (χ1v) is 11.0. The number of rotatable bonds is 7. The summed E-state index contributed by atoms with van der Waals surface area (Å²) in [7, 11) is 1.36. The van der Waals surface area contributed by atoms with Crippen LogP contribution >= 0.6 is 11.6 Å². The number of anilines is 1. The van der Waals surface area contributed by atoms with Crippen LogP contribution in [0.2, 0.25) is 5.02 Å². The average Bonchev–Trinajstić information content (AvgIpc) is 2.87. The third kappa shape index (κ3) is 5.26. The number of amides is 4. The molecular formula is C25H17ClFN3O7. The molecule has 10 nitrogen and oxygen atoms in total. The van der Waals surface area contributed by atoms with Crippen LogP contribution in [0.3, 0.4) is 0 Å². The molecule has 3 aromatic carbocycles. The molecule has 0 atom stereocenters. The first kappa shape index (κ1) is 25.3. The summed E-state index contributed by atoms with van der Waals surface area (Å²) in [5.74, 6) is -2.47. The molecule has 0 radical (unpaired) electrons. The second-order valence-corrected chi connectivity index (χ2v) is 8.06. The summed E-state index contributed by atoms with van der Waals surface area (Å²) in [6, 6.07) is 12.7. The number of para-hydroxylation sites is 1. The first-order chi connectivity index (χ1) is 17.7. The van der Waals surface area contributed by atoms with E-state index in [1.165, 1.54) is 67.8 Å². The molecule has 1 heterocycles. The van der Waals surface area contributed by atoms with E-state index in [0.717, 1.165) is 6.07 Å². The normalized spacial score (nSPS) is 14.5. The molecule has 37 heavy (non-hydrogen) atoms. The number of nitro groups is 1. The predicted octanol–water partition coefficient (Wildman–Crippen LogP) is 4.64. The van der Waals surface area contributed by atoms with E-state index in [9.17, 15) is 28.9 Å². The van der Waals surface area contributed by atoms with Gasteiger partial charge in [0.15, 0.2) is 11.5 Å². The summed E-state index contributed by atoms with van der Waals surface area (Å²) in [6.07, 6.45) is 1.19. The number of nitrogens with zero attached hydrogens (tertiary/aromatic N) is 2. The van der Waals surface area contributed by atoms with E-state index in [-0.39, 0.29) is 40.1 Å². The van der Waals surface area contributed by atoms with Gasteiger partial charge in [0.1, 0.15) is 18.0 Å². The second kappa shape index (κ2) is 10.5. The molecule has 0 aliphatic carbocycles. The number of carbonyl (C=O) groups excluding carboxylic acids is 3. The number of non-ortho nitro benzene ring substituents is 1. The maximum Gasteiger partial charge on any atom is 0.336 e. The maximum absolute atomic E-state index is 14.3. The summed E-state index contributed by atoms with van der Waals surface area (Å²) in [5.41, 5.74) is 0.103. The Morgan fingerprint density at radius 2 is 1.81 bits per heavy atom. The van der Waals surface area contributed by atoms with E-state index in [1.807, 2.05) is 5.32 Å². The molecule has 3 aromatic rings. The number of carbonyl (C=O) groups is 3. The lowest BCUT2D eigenvalue weighted by molar-refractivity contribution is -0.384. The number of benzene rings is 3. The van der Waals surface area contributed by atoms with Gasteiger partial charge in [-0.2, -0.15) is 0 Å². The monoisotopic (exact) mass is 525 g/mol. The largest absolute Gasteiger partial charge is 0.493 e. The molecule has 1 saturated heterocycles. The van der Waals surface area contributed by atoms with E-state index in [1.54, 1.807) is 0 Å². The first-order valence-electron chi connectivity index (χ1n) is 10.6. The highest BCUT2D eigenvalue weighted by molar-refractivity contribution is 6.39. The fourth-order valence-corrected chi connectivity index (χ4v) is 3.78. The van der Waals surface area contributed by atoms with Crippen LogP contribution in [0.25, 0.3) is 6.08 Å². The number of ether oxygens (including phenoxy) is 2. The highest BCUT2D eigenvalue weighted by Gasteiger charge is 2.38. The molecular weight excluding hydrogens is 509 g/mol. The van der Waals surface area contributed by atoms with E-state index >= 15 is 0 Å². The Bertz CT molecular complexity index is 1460. The topological polar surface area (TPSA) is 128 Å². The van der Waals surface area contributed by atoms with Gasteiger partial charge in [-0.15, -0.1) is 0 Å². The average molecular weight is 526 g/mol. The number of nitro benzene ring substituents is 1. The summed E-state index contributed by atoms with van der Waals surface area (Å²) < 4.78 is 25.4. The van der Waals surface area contributed by atoms with Crippen LogP contribution in [-0.2, 0) is 16.2 Å². The highest BCUT2D eigenvalue weighted by Crippen LogP contribution is 2.38. The highest BCUT2D eigenvalue weighted by atomic mass is 35.5. The molecule has 1 fully saturated rings. The lowest BCUT2D eigenvalue weighted by Crippen LogP contribution is -2.54. The van der Waals surface area contributed by atoms with Crippen molar-refractivity contribution in [2.45, 2.75) is 6.61 Å². The molecule has 1 aliphatic rings. The minimum Gasteiger partial charge on any atom is -0.493 e. The minimum absolute atomic E-state index is 0.0229. The Labute approximate surface area is 214 Å². The number of urea groups is 1. The number of hydrogen-bond donors (Lipinski definition) is 1. The van der Waals surface area contributed by atoms with Gasteiger partial charge < -0.3 is 9.47 Å². The number of hydrogen-bond acceptors (Lipinski definition) is 7. The summed E-state index contributed by atoms with van der Waals surface area (Å²) >= 11 is 6.38. The van der Waals surface area contributed by atoms with Gasteiger partial charge in [-0.1, -0.05) is 23.7 Å². The molecule has 0 saturated carbocycles. The summed E-state index contributed by atoms with van der Waals surface area (Å²) in [4.78, 5) is 48.6. The Balaban J connectivity index is 1.62. The van der Waals surface area contributed by atoms with Crippen LogP contribution in [0.1, 0.15) is 11.1 Å². The second-order valence-electron chi connectivity index (χ2n) is 7.66. The smallest absolute Gasteiger partial charge is 0.336 e. The van der Waals surface area contributed by atoms with Crippen molar-refractivity contribution < 1.29 is 33.2 Å². The van der Waals surface area contributed by atoms with Gasteiger partial charge in [0, 0.05) is 12.1 Å². The molecule has 0 aromatic heterocycles. The van der Waals surface area contributed by atoms with Crippen LogP contribution in [-0.4, -0.2) is 29.9 Å². The Hall–Kier alpha value is -4.77. The zero-order chi connectivity index (χ0) is 26.7. The van der Waals surface area contributed by atoms with Gasteiger partial charge in [0.25, 0.3) is 17.5 Å². The van der Waals surface area contributed by atoms with Gasteiger partial charge in [0.2, 0.25) is 0 Å². The van der Waals surface area contributed by atoms with Gasteiger partial charge in [-0.05, 0) is 53.6 Å². The van der Waals surface area contributed by atoms with Crippen molar-refractivity contribution in [3.05, 3.63) is 98.3 Å². The van der Waals surface area contributed by atoms with E-state index < -0.39 is 34.2 Å². The molecule has 4 amide bonds. The maximum atomic E-state index is 14.3. The third-order valence-corrected chi connectivity index (χ3v) is 5.57. The summed E-state index contributed by atoms with van der Waals surface area (Å²) in [6.45, 7) is 0.0229. The molecule has 1 N–H and O–H groups in total. The lowest BCUT2D eigenvalue weighted by atomic mass is 10.1. The molecule has 0 unspecified atom stereocenters. The number of nitrogens with one attached hydrogen (secondary N) is 1. The van der Waals surface area contributed by atoms with Crippen molar-refractivity contribution in [2.75, 3.05) is 12.0 Å². The Morgan fingerprint density at radius 1 is 1.11 bits per heavy atom. The molecule has 0 spiro atoms. The number of barbiturate groups is 1. The van der Waals surface area contributed by atoms with Crippen LogP contribution in [0.4, 0.5) is 20.6 Å². The quantitative estimate of drug-likeness (QED) is 0.206. The van der Waals surface area contributed by atoms with E-state index in [2.05, 4.69) is 0 Å². The molecule has 12 heteroatoms. The molecule has 0 bridgehead atoms. The van der Waals surface area contributed by atoms with Crippen molar-refractivity contribution in [1.82, 2.24) is 5.32 Å². The molecule has 188 valence electrons. The fraction of sp³-hybridized carbons (Fsp3) is 0.0800. The molecule has 1 aliphatic heterocycles. The van der Waals surface area contributed by atoms with Crippen molar-refractivity contribution in [1.29, 1.82) is 0 Å². The van der Waals surface area contributed by atoms with Gasteiger partial charge >= 0.3 is 6.03 Å². The zero-order valence-electron chi connectivity index (χ0n) is 19.1. The van der Waals surface area contributed by atoms with Crippen molar-refractivity contribution >= 4 is 46.9 Å². The van der Waals surface area contributed by atoms with Gasteiger partial charge in [0.05, 0.1) is 22.7 Å². The van der Waals surface area contributed by atoms with Crippen molar-refractivity contribution in [2.24, 2.45) is 0 Å². The minimum atomic E-state index is -1.08. The standard InChI is InChI=1S/C25H17ClFN3O7/c1-36-21-12-15(11-18(26)22(21)37-13-14-6-8-16(9-7-14)30(34)35)10-17-23(31)28-25(33)29(24(17)32)20-5-3-2-4-19(20)27/h2-12H,13H2,1H3,(H,28,31,33)/b17-10-.